The van der Waals surface area contributed by atoms with Gasteiger partial charge in [-0.1, -0.05) is 11.6 Å². The summed E-state index contributed by atoms with van der Waals surface area (Å²) < 4.78 is 10.8. The van der Waals surface area contributed by atoms with Crippen LogP contribution < -0.4 is 15.0 Å². The molecule has 2 aromatic heterocycles. The van der Waals surface area contributed by atoms with Gasteiger partial charge in [0.2, 0.25) is 5.91 Å². The first-order valence-electron chi connectivity index (χ1n) is 12.7. The molecule has 35 heavy (non-hydrogen) atoms. The van der Waals surface area contributed by atoms with Crippen LogP contribution in [0.4, 0.5) is 5.82 Å². The minimum absolute atomic E-state index is 0.0332. The van der Waals surface area contributed by atoms with Gasteiger partial charge >= 0.3 is 0 Å². The Balaban J connectivity index is 1.22. The molecule has 0 saturated carbocycles. The first-order chi connectivity index (χ1) is 17.1. The number of nitrogens with zero attached hydrogens (tertiary/aromatic N) is 5. The summed E-state index contributed by atoms with van der Waals surface area (Å²) in [5.41, 5.74) is 2.09. The molecule has 0 spiro atoms. The number of ether oxygens (including phenoxy) is 1. The number of anilines is 1. The largest absolute Gasteiger partial charge is 0.497 e. The Morgan fingerprint density at radius 2 is 1.91 bits per heavy atom. The Hall–Kier alpha value is -3.20. The van der Waals surface area contributed by atoms with Gasteiger partial charge in [0, 0.05) is 43.7 Å². The maximum Gasteiger partial charge on any atom is 0.263 e. The Morgan fingerprint density at radius 3 is 2.66 bits per heavy atom. The minimum atomic E-state index is 0.0332. The van der Waals surface area contributed by atoms with Crippen molar-refractivity contribution in [3.8, 4) is 17.0 Å². The van der Waals surface area contributed by atoms with Crippen LogP contribution >= 0.6 is 0 Å². The molecule has 9 nitrogen and oxygen atoms in total. The zero-order chi connectivity index (χ0) is 24.2. The van der Waals surface area contributed by atoms with Crippen molar-refractivity contribution in [2.75, 3.05) is 44.7 Å². The SMILES string of the molecule is COc1ccc(-c2noc3ncnc(N4CCC(C(=O)NCCN5CCCCC5C)CC4)c23)cc1. The van der Waals surface area contributed by atoms with E-state index < -0.39 is 0 Å². The summed E-state index contributed by atoms with van der Waals surface area (Å²) in [5, 5.41) is 8.27. The van der Waals surface area contributed by atoms with E-state index in [1.807, 2.05) is 24.3 Å². The van der Waals surface area contributed by atoms with Gasteiger partial charge in [0.1, 0.15) is 29.0 Å². The van der Waals surface area contributed by atoms with Gasteiger partial charge in [0.25, 0.3) is 5.71 Å². The van der Waals surface area contributed by atoms with Crippen LogP contribution in [-0.2, 0) is 4.79 Å². The van der Waals surface area contributed by atoms with Crippen LogP contribution in [0.15, 0.2) is 35.1 Å². The fraction of sp³-hybridized carbons (Fsp3) is 0.538. The molecular formula is C26H34N6O3. The van der Waals surface area contributed by atoms with Crippen molar-refractivity contribution >= 4 is 22.8 Å². The third-order valence-electron chi connectivity index (χ3n) is 7.42. The predicted octanol–water partition coefficient (Wildman–Crippen LogP) is 3.50. The van der Waals surface area contributed by atoms with E-state index in [0.717, 1.165) is 68.1 Å². The molecule has 0 bridgehead atoms. The molecule has 2 saturated heterocycles. The number of hydrogen-bond acceptors (Lipinski definition) is 8. The van der Waals surface area contributed by atoms with Crippen LogP contribution in [0, 0.1) is 5.92 Å². The average molecular weight is 479 g/mol. The van der Waals surface area contributed by atoms with E-state index in [1.165, 1.54) is 25.6 Å². The van der Waals surface area contributed by atoms with Crippen molar-refractivity contribution in [1.82, 2.24) is 25.3 Å². The second-order valence-corrected chi connectivity index (χ2v) is 9.57. The molecule has 1 unspecified atom stereocenters. The van der Waals surface area contributed by atoms with Crippen molar-refractivity contribution < 1.29 is 14.1 Å². The number of benzene rings is 1. The number of nitrogens with one attached hydrogen (secondary N) is 1. The molecule has 0 aliphatic carbocycles. The van der Waals surface area contributed by atoms with Gasteiger partial charge in [-0.15, -0.1) is 0 Å². The molecule has 1 aromatic carbocycles. The number of methoxy groups -OCH3 is 1. The second-order valence-electron chi connectivity index (χ2n) is 9.57. The summed E-state index contributed by atoms with van der Waals surface area (Å²) in [6, 6.07) is 8.32. The third kappa shape index (κ3) is 5.10. The minimum Gasteiger partial charge on any atom is -0.497 e. The van der Waals surface area contributed by atoms with E-state index in [9.17, 15) is 4.79 Å². The lowest BCUT2D eigenvalue weighted by atomic mass is 9.95. The average Bonchev–Trinajstić information content (AvgIpc) is 3.34. The Bertz CT molecular complexity index is 1140. The van der Waals surface area contributed by atoms with E-state index in [4.69, 9.17) is 9.26 Å². The number of rotatable bonds is 7. The van der Waals surface area contributed by atoms with Crippen LogP contribution in [-0.4, -0.2) is 71.8 Å². The smallest absolute Gasteiger partial charge is 0.263 e. The molecule has 5 rings (SSSR count). The molecule has 1 N–H and O–H groups in total. The molecule has 4 heterocycles. The van der Waals surface area contributed by atoms with E-state index in [-0.39, 0.29) is 11.8 Å². The van der Waals surface area contributed by atoms with Crippen molar-refractivity contribution in [1.29, 1.82) is 0 Å². The van der Waals surface area contributed by atoms with Crippen molar-refractivity contribution in [3.63, 3.8) is 0 Å². The maximum absolute atomic E-state index is 12.8. The highest BCUT2D eigenvalue weighted by atomic mass is 16.5. The number of piperidine rings is 2. The lowest BCUT2D eigenvalue weighted by molar-refractivity contribution is -0.125. The topological polar surface area (TPSA) is 96.6 Å². The summed E-state index contributed by atoms with van der Waals surface area (Å²) in [7, 11) is 1.64. The zero-order valence-electron chi connectivity index (χ0n) is 20.6. The molecule has 1 atom stereocenters. The number of fused-ring (bicyclic) bond motifs is 1. The molecule has 186 valence electrons. The van der Waals surface area contributed by atoms with Crippen LogP contribution in [0.25, 0.3) is 22.4 Å². The Morgan fingerprint density at radius 1 is 1.11 bits per heavy atom. The first kappa shape index (κ1) is 23.5. The van der Waals surface area contributed by atoms with Gasteiger partial charge in [-0.3, -0.25) is 9.69 Å². The molecule has 3 aromatic rings. The van der Waals surface area contributed by atoms with Gasteiger partial charge < -0.3 is 19.5 Å². The molecule has 2 fully saturated rings. The summed E-state index contributed by atoms with van der Waals surface area (Å²) in [6.07, 6.45) is 6.94. The number of carbonyl (C=O) groups is 1. The standard InChI is InChI=1S/C26H34N6O3/c1-18-5-3-4-13-31(18)16-12-27-25(33)20-10-14-32(15-11-20)24-22-23(30-35-26(22)29-17-28-24)19-6-8-21(34-2)9-7-19/h6-9,17-18,20H,3-5,10-16H2,1-2H3,(H,27,33). The van der Waals surface area contributed by atoms with Crippen LogP contribution in [0.2, 0.25) is 0 Å². The van der Waals surface area contributed by atoms with Crippen LogP contribution in [0.1, 0.15) is 39.0 Å². The fourth-order valence-electron chi connectivity index (χ4n) is 5.27. The second kappa shape index (κ2) is 10.6. The molecule has 2 aliphatic rings. The van der Waals surface area contributed by atoms with Crippen molar-refractivity contribution in [2.24, 2.45) is 5.92 Å². The maximum atomic E-state index is 12.8. The molecular weight excluding hydrogens is 444 g/mol. The lowest BCUT2D eigenvalue weighted by Gasteiger charge is -2.34. The normalized spacial score (nSPS) is 19.7. The third-order valence-corrected chi connectivity index (χ3v) is 7.42. The number of aromatic nitrogens is 3. The monoisotopic (exact) mass is 478 g/mol. The Kier molecular flexibility index (Phi) is 7.13. The van der Waals surface area contributed by atoms with Gasteiger partial charge in [0.15, 0.2) is 0 Å². The highest BCUT2D eigenvalue weighted by Gasteiger charge is 2.28. The van der Waals surface area contributed by atoms with Gasteiger partial charge in [-0.25, -0.2) is 4.98 Å². The molecule has 0 radical (unpaired) electrons. The number of amides is 1. The summed E-state index contributed by atoms with van der Waals surface area (Å²) in [5.74, 6) is 1.79. The van der Waals surface area contributed by atoms with Crippen molar-refractivity contribution in [3.05, 3.63) is 30.6 Å². The van der Waals surface area contributed by atoms with Crippen molar-refractivity contribution in [2.45, 2.75) is 45.1 Å². The zero-order valence-corrected chi connectivity index (χ0v) is 20.6. The van der Waals surface area contributed by atoms with Gasteiger partial charge in [-0.05, 0) is 63.4 Å². The molecule has 1 amide bonds. The van der Waals surface area contributed by atoms with Gasteiger partial charge in [-0.2, -0.15) is 4.98 Å². The molecule has 2 aliphatic heterocycles. The quantitative estimate of drug-likeness (QED) is 0.551. The number of hydrogen-bond donors (Lipinski definition) is 1. The first-order valence-corrected chi connectivity index (χ1v) is 12.7. The number of likely N-dealkylation sites (tertiary alicyclic amines) is 1. The highest BCUT2D eigenvalue weighted by molar-refractivity contribution is 5.98. The van der Waals surface area contributed by atoms with E-state index in [1.54, 1.807) is 7.11 Å². The van der Waals surface area contributed by atoms with E-state index in [0.29, 0.717) is 17.4 Å². The predicted molar refractivity (Wildman–Crippen MR) is 134 cm³/mol. The lowest BCUT2D eigenvalue weighted by Crippen LogP contribution is -2.45. The van der Waals surface area contributed by atoms with Crippen LogP contribution in [0.3, 0.4) is 0 Å². The van der Waals surface area contributed by atoms with E-state index in [2.05, 4.69) is 37.2 Å². The van der Waals surface area contributed by atoms with Crippen LogP contribution in [0.5, 0.6) is 5.75 Å². The van der Waals surface area contributed by atoms with Gasteiger partial charge in [0.05, 0.1) is 7.11 Å². The summed E-state index contributed by atoms with van der Waals surface area (Å²) >= 11 is 0. The molecule has 9 heteroatoms. The summed E-state index contributed by atoms with van der Waals surface area (Å²) in [4.78, 5) is 26.4. The van der Waals surface area contributed by atoms with E-state index >= 15 is 0 Å². The summed E-state index contributed by atoms with van der Waals surface area (Å²) in [6.45, 7) is 6.59. The fourth-order valence-corrected chi connectivity index (χ4v) is 5.27. The number of carbonyl (C=O) groups excluding carboxylic acids is 1. The Labute approximate surface area is 205 Å². The highest BCUT2D eigenvalue weighted by Crippen LogP contribution is 2.35.